The van der Waals surface area contributed by atoms with Gasteiger partial charge in [0.25, 0.3) is 5.92 Å². The molecule has 0 aromatic heterocycles. The van der Waals surface area contributed by atoms with E-state index in [1.54, 1.807) is 18.2 Å². The monoisotopic (exact) mass is 394 g/mol. The molecule has 0 aliphatic heterocycles. The van der Waals surface area contributed by atoms with Crippen LogP contribution in [0, 0.1) is 5.92 Å². The zero-order chi connectivity index (χ0) is 20.4. The minimum absolute atomic E-state index is 0.126. The van der Waals surface area contributed by atoms with Crippen molar-refractivity contribution in [2.45, 2.75) is 76.8 Å². The van der Waals surface area contributed by atoms with Crippen LogP contribution in [0.4, 0.5) is 13.2 Å². The summed E-state index contributed by atoms with van der Waals surface area (Å²) in [7, 11) is 0. The first-order valence-corrected chi connectivity index (χ1v) is 10.2. The van der Waals surface area contributed by atoms with Crippen molar-refractivity contribution in [2.75, 3.05) is 6.61 Å². The number of allylic oxidation sites excluding steroid dienone is 1. The van der Waals surface area contributed by atoms with Crippen molar-refractivity contribution in [3.05, 3.63) is 40.5 Å². The Balaban J connectivity index is 1.77. The number of benzene rings is 1. The fraction of sp³-hybridized carbons (Fsp3) is 0.609. The van der Waals surface area contributed by atoms with Crippen LogP contribution in [-0.2, 0) is 16.9 Å². The van der Waals surface area contributed by atoms with Crippen molar-refractivity contribution in [3.63, 3.8) is 0 Å². The maximum atomic E-state index is 14.6. The summed E-state index contributed by atoms with van der Waals surface area (Å²) in [5.41, 5.74) is 1.27. The Kier molecular flexibility index (Phi) is 6.21. The highest BCUT2D eigenvalue weighted by Gasteiger charge is 2.42. The first-order valence-electron chi connectivity index (χ1n) is 10.2. The molecule has 2 aliphatic carbocycles. The van der Waals surface area contributed by atoms with Gasteiger partial charge in [0.15, 0.2) is 0 Å². The Bertz CT molecular complexity index is 741. The Hall–Kier alpha value is -1.78. The molecule has 0 unspecified atom stereocenters. The van der Waals surface area contributed by atoms with E-state index >= 15 is 0 Å². The van der Waals surface area contributed by atoms with E-state index in [2.05, 4.69) is 0 Å². The molecule has 0 bridgehead atoms. The van der Waals surface area contributed by atoms with Gasteiger partial charge in [0.1, 0.15) is 24.3 Å². The second-order valence-electron chi connectivity index (χ2n) is 8.61. The summed E-state index contributed by atoms with van der Waals surface area (Å²) in [6.07, 6.45) is 5.40. The predicted octanol–water partition coefficient (Wildman–Crippen LogP) is 6.32. The van der Waals surface area contributed by atoms with Gasteiger partial charge in [-0.1, -0.05) is 24.5 Å². The lowest BCUT2D eigenvalue weighted by Gasteiger charge is -2.21. The molecule has 0 saturated heterocycles. The molecule has 0 amide bonds. The third kappa shape index (κ3) is 4.98. The fourth-order valence-corrected chi connectivity index (χ4v) is 4.54. The number of aldehydes is 1. The van der Waals surface area contributed by atoms with E-state index < -0.39 is 11.6 Å². The Morgan fingerprint density at radius 3 is 2.57 bits per heavy atom. The van der Waals surface area contributed by atoms with E-state index in [1.165, 1.54) is 13.8 Å². The van der Waals surface area contributed by atoms with Crippen molar-refractivity contribution in [1.29, 1.82) is 0 Å². The lowest BCUT2D eigenvalue weighted by atomic mass is 9.92. The van der Waals surface area contributed by atoms with Crippen LogP contribution in [0.1, 0.15) is 69.9 Å². The van der Waals surface area contributed by atoms with Gasteiger partial charge in [-0.05, 0) is 67.9 Å². The third-order valence-electron chi connectivity index (χ3n) is 5.89. The highest BCUT2D eigenvalue weighted by molar-refractivity contribution is 5.51. The minimum atomic E-state index is -2.68. The number of aryl methyl sites for hydroxylation is 1. The molecule has 2 aliphatic rings. The number of hydrogen-bond donors (Lipinski definition) is 0. The van der Waals surface area contributed by atoms with Crippen molar-refractivity contribution in [3.8, 4) is 5.75 Å². The van der Waals surface area contributed by atoms with Crippen molar-refractivity contribution in [1.82, 2.24) is 0 Å². The van der Waals surface area contributed by atoms with Crippen LogP contribution in [0.15, 0.2) is 29.3 Å². The zero-order valence-corrected chi connectivity index (χ0v) is 16.7. The number of halogens is 3. The topological polar surface area (TPSA) is 26.3 Å². The number of ether oxygens (including phenoxy) is 1. The maximum absolute atomic E-state index is 14.6. The molecule has 5 heteroatoms. The van der Waals surface area contributed by atoms with Gasteiger partial charge in [-0.25, -0.2) is 13.2 Å². The quantitative estimate of drug-likeness (QED) is 0.381. The van der Waals surface area contributed by atoms with Crippen LogP contribution >= 0.6 is 0 Å². The molecule has 0 radical (unpaired) electrons. The Morgan fingerprint density at radius 1 is 1.21 bits per heavy atom. The highest BCUT2D eigenvalue weighted by atomic mass is 19.3. The average molecular weight is 394 g/mol. The molecule has 0 spiro atoms. The van der Waals surface area contributed by atoms with Gasteiger partial charge < -0.3 is 9.53 Å². The van der Waals surface area contributed by atoms with Gasteiger partial charge in [-0.15, -0.1) is 0 Å². The zero-order valence-electron chi connectivity index (χ0n) is 16.7. The van der Waals surface area contributed by atoms with Crippen LogP contribution < -0.4 is 4.74 Å². The van der Waals surface area contributed by atoms with Crippen LogP contribution in [0.2, 0.25) is 0 Å². The largest absolute Gasteiger partial charge is 0.489 e. The molecule has 1 fully saturated rings. The van der Waals surface area contributed by atoms with E-state index in [9.17, 15) is 18.0 Å². The third-order valence-corrected chi connectivity index (χ3v) is 5.89. The number of carbonyl (C=O) groups excluding carboxylic acids is 1. The molecular weight excluding hydrogens is 365 g/mol. The van der Waals surface area contributed by atoms with Crippen LogP contribution in [-0.4, -0.2) is 18.8 Å². The Labute approximate surface area is 165 Å². The lowest BCUT2D eigenvalue weighted by Crippen LogP contribution is -2.14. The normalized spacial score (nSPS) is 20.0. The van der Waals surface area contributed by atoms with Crippen LogP contribution in [0.5, 0.6) is 5.75 Å². The molecule has 0 heterocycles. The van der Waals surface area contributed by atoms with Crippen molar-refractivity contribution < 1.29 is 22.7 Å². The maximum Gasteiger partial charge on any atom is 0.255 e. The van der Waals surface area contributed by atoms with E-state index in [1.807, 2.05) is 0 Å². The molecule has 0 atom stereocenters. The molecule has 28 heavy (non-hydrogen) atoms. The van der Waals surface area contributed by atoms with Crippen LogP contribution in [0.3, 0.4) is 0 Å². The van der Waals surface area contributed by atoms with Gasteiger partial charge in [0.2, 0.25) is 0 Å². The van der Waals surface area contributed by atoms with Crippen LogP contribution in [0.25, 0.3) is 0 Å². The molecule has 1 saturated carbocycles. The summed E-state index contributed by atoms with van der Waals surface area (Å²) in [6, 6.07) is 5.15. The Morgan fingerprint density at radius 2 is 1.93 bits per heavy atom. The van der Waals surface area contributed by atoms with E-state index in [4.69, 9.17) is 4.74 Å². The SMILES string of the molecule is CC(C)(F)c1cc(OCC2=C(C3CCCC3)CC(F)(F)C2)ccc1CCC=O. The molecular formula is C23H29F3O2. The number of hydrogen-bond acceptors (Lipinski definition) is 2. The standard InChI is InChI=1S/C23H29F3O2/c1-22(2,24)21-12-19(10-9-17(21)8-5-11-27)28-15-18-13-23(25,26)14-20(18)16-6-3-4-7-16/h9-12,16H,3-8,13-15H2,1-2H3. The molecule has 0 N–H and O–H groups in total. The molecule has 1 aromatic carbocycles. The second kappa shape index (κ2) is 8.30. The first kappa shape index (κ1) is 20.9. The van der Waals surface area contributed by atoms with Crippen molar-refractivity contribution in [2.24, 2.45) is 5.92 Å². The molecule has 2 nitrogen and oxygen atoms in total. The lowest BCUT2D eigenvalue weighted by molar-refractivity contribution is -0.107. The van der Waals surface area contributed by atoms with E-state index in [0.29, 0.717) is 29.7 Å². The molecule has 154 valence electrons. The summed E-state index contributed by atoms with van der Waals surface area (Å²) in [6.45, 7) is 3.06. The molecule has 3 rings (SSSR count). The smallest absolute Gasteiger partial charge is 0.255 e. The van der Waals surface area contributed by atoms with E-state index in [0.717, 1.165) is 43.1 Å². The van der Waals surface area contributed by atoms with Crippen molar-refractivity contribution >= 4 is 6.29 Å². The minimum Gasteiger partial charge on any atom is -0.489 e. The van der Waals surface area contributed by atoms with Gasteiger partial charge in [0, 0.05) is 19.3 Å². The summed E-state index contributed by atoms with van der Waals surface area (Å²) in [5, 5.41) is 0. The molecule has 1 aromatic rings. The van der Waals surface area contributed by atoms with Gasteiger partial charge in [-0.2, -0.15) is 0 Å². The average Bonchev–Trinajstić information content (AvgIpc) is 3.25. The highest BCUT2D eigenvalue weighted by Crippen LogP contribution is 2.46. The fourth-order valence-electron chi connectivity index (χ4n) is 4.54. The van der Waals surface area contributed by atoms with Gasteiger partial charge >= 0.3 is 0 Å². The number of alkyl halides is 3. The number of carbonyl (C=O) groups is 1. The van der Waals surface area contributed by atoms with Gasteiger partial charge in [0.05, 0.1) is 0 Å². The summed E-state index contributed by atoms with van der Waals surface area (Å²) >= 11 is 0. The van der Waals surface area contributed by atoms with Gasteiger partial charge in [-0.3, -0.25) is 0 Å². The second-order valence-corrected chi connectivity index (χ2v) is 8.61. The number of rotatable bonds is 8. The first-order chi connectivity index (χ1) is 13.2. The summed E-state index contributed by atoms with van der Waals surface area (Å²) in [5.74, 6) is -1.94. The predicted molar refractivity (Wildman–Crippen MR) is 104 cm³/mol. The summed E-state index contributed by atoms with van der Waals surface area (Å²) in [4.78, 5) is 10.7. The van der Waals surface area contributed by atoms with E-state index in [-0.39, 0.29) is 25.4 Å². The summed E-state index contributed by atoms with van der Waals surface area (Å²) < 4.78 is 48.6.